The Morgan fingerprint density at radius 2 is 1.82 bits per heavy atom. The van der Waals surface area contributed by atoms with E-state index in [4.69, 9.17) is 0 Å². The minimum absolute atomic E-state index is 0.196. The Morgan fingerprint density at radius 1 is 1.27 bits per heavy atom. The van der Waals surface area contributed by atoms with E-state index in [9.17, 15) is 4.39 Å². The highest BCUT2D eigenvalue weighted by atomic mass is 19.1. The van der Waals surface area contributed by atoms with Gasteiger partial charge in [-0.1, -0.05) is 9.69 Å². The maximum atomic E-state index is 12.4. The molecule has 1 aromatic carbocycles. The Kier molecular flexibility index (Phi) is 1.18. The lowest BCUT2D eigenvalue weighted by atomic mass is 10.3. The van der Waals surface area contributed by atoms with Crippen molar-refractivity contribution in [2.24, 2.45) is 0 Å². The van der Waals surface area contributed by atoms with Gasteiger partial charge >= 0.3 is 6.34 Å². The van der Waals surface area contributed by atoms with Gasteiger partial charge in [0.1, 0.15) is 12.9 Å². The molecule has 0 amide bonds. The summed E-state index contributed by atoms with van der Waals surface area (Å²) in [5.41, 5.74) is 0.994. The molecule has 0 fully saturated rings. The third-order valence-electron chi connectivity index (χ3n) is 1.65. The molecule has 0 aromatic heterocycles. The second-order valence-electron chi connectivity index (χ2n) is 2.51. The minimum Gasteiger partial charge on any atom is -0.207 e. The summed E-state index contributed by atoms with van der Waals surface area (Å²) in [6.45, 7) is 0. The van der Waals surface area contributed by atoms with Crippen LogP contribution in [0.4, 0.5) is 10.1 Å². The molecule has 56 valence electrons. The van der Waals surface area contributed by atoms with Crippen LogP contribution >= 0.6 is 0 Å². The number of hydrogen-bond acceptors (Lipinski definition) is 1. The van der Waals surface area contributed by atoms with Gasteiger partial charge < -0.3 is 0 Å². The fraction of sp³-hybridized carbons (Fsp3) is 0.125. The molecule has 1 aromatic rings. The van der Waals surface area contributed by atoms with Gasteiger partial charge in [-0.3, -0.25) is 0 Å². The Bertz CT molecular complexity index is 302. The highest BCUT2D eigenvalue weighted by Crippen LogP contribution is 2.17. The van der Waals surface area contributed by atoms with Gasteiger partial charge in [0.25, 0.3) is 0 Å². The fourth-order valence-corrected chi connectivity index (χ4v) is 0.978. The van der Waals surface area contributed by atoms with Crippen LogP contribution in [0.1, 0.15) is 0 Å². The van der Waals surface area contributed by atoms with Gasteiger partial charge in [0, 0.05) is 0 Å². The van der Waals surface area contributed by atoms with Crippen LogP contribution in [0, 0.1) is 5.82 Å². The summed E-state index contributed by atoms with van der Waals surface area (Å²) in [7, 11) is 1.93. The van der Waals surface area contributed by atoms with Gasteiger partial charge in [-0.15, -0.1) is 0 Å². The molecular weight excluding hydrogens is 143 g/mol. The van der Waals surface area contributed by atoms with Crippen LogP contribution in [0.15, 0.2) is 24.3 Å². The van der Waals surface area contributed by atoms with Crippen molar-refractivity contribution in [1.82, 2.24) is 5.01 Å². The zero-order chi connectivity index (χ0) is 7.84. The standard InChI is InChI=1S/C8H8FN2/c1-10-6-11(10)8-4-2-7(9)3-5-8/h2-6H,1H3/q+1. The molecular formula is C8H8FN2+. The molecule has 11 heavy (non-hydrogen) atoms. The molecule has 0 saturated heterocycles. The van der Waals surface area contributed by atoms with E-state index in [0.29, 0.717) is 0 Å². The summed E-state index contributed by atoms with van der Waals surface area (Å²) >= 11 is 0. The number of rotatable bonds is 1. The van der Waals surface area contributed by atoms with Crippen LogP contribution in [0.2, 0.25) is 0 Å². The van der Waals surface area contributed by atoms with Crippen LogP contribution in [0.25, 0.3) is 0 Å². The second-order valence-corrected chi connectivity index (χ2v) is 2.51. The van der Waals surface area contributed by atoms with Crippen molar-refractivity contribution in [3.8, 4) is 0 Å². The van der Waals surface area contributed by atoms with Gasteiger partial charge in [-0.2, -0.15) is 0 Å². The molecule has 1 aliphatic heterocycles. The Labute approximate surface area is 64.2 Å². The predicted molar refractivity (Wildman–Crippen MR) is 40.1 cm³/mol. The van der Waals surface area contributed by atoms with Gasteiger partial charge in [0.05, 0.1) is 0 Å². The normalized spacial score (nSPS) is 14.7. The maximum absolute atomic E-state index is 12.4. The van der Waals surface area contributed by atoms with Gasteiger partial charge in [0.15, 0.2) is 5.69 Å². The zero-order valence-electron chi connectivity index (χ0n) is 6.16. The molecule has 0 unspecified atom stereocenters. The molecule has 0 radical (unpaired) electrons. The summed E-state index contributed by atoms with van der Waals surface area (Å²) in [5, 5.41) is 1.92. The monoisotopic (exact) mass is 151 g/mol. The highest BCUT2D eigenvalue weighted by molar-refractivity contribution is 5.58. The fourth-order valence-electron chi connectivity index (χ4n) is 0.978. The Hall–Kier alpha value is -1.38. The average molecular weight is 151 g/mol. The summed E-state index contributed by atoms with van der Waals surface area (Å²) < 4.78 is 14.4. The van der Waals surface area contributed by atoms with E-state index in [2.05, 4.69) is 0 Å². The molecule has 0 spiro atoms. The van der Waals surface area contributed by atoms with Crippen LogP contribution in [0.3, 0.4) is 0 Å². The topological polar surface area (TPSA) is 6.02 Å². The number of hydrazine groups is 1. The van der Waals surface area contributed by atoms with E-state index in [0.717, 1.165) is 5.69 Å². The van der Waals surface area contributed by atoms with E-state index in [1.165, 1.54) is 12.1 Å². The lowest BCUT2D eigenvalue weighted by Gasteiger charge is -1.89. The van der Waals surface area contributed by atoms with Crippen molar-refractivity contribution in [3.05, 3.63) is 30.1 Å². The first kappa shape index (κ1) is 6.34. The summed E-state index contributed by atoms with van der Waals surface area (Å²) in [5.74, 6) is -0.196. The lowest BCUT2D eigenvalue weighted by molar-refractivity contribution is -0.484. The molecule has 1 heterocycles. The van der Waals surface area contributed by atoms with Crippen LogP contribution < -0.4 is 0 Å². The first-order chi connectivity index (χ1) is 5.27. The number of hydrogen-bond donors (Lipinski definition) is 0. The van der Waals surface area contributed by atoms with Gasteiger partial charge in [-0.05, 0) is 24.3 Å². The molecule has 2 nitrogen and oxygen atoms in total. The van der Waals surface area contributed by atoms with E-state index >= 15 is 0 Å². The minimum atomic E-state index is -0.196. The van der Waals surface area contributed by atoms with Crippen molar-refractivity contribution >= 4 is 12.0 Å². The molecule has 0 atom stereocenters. The Morgan fingerprint density at radius 3 is 2.27 bits per heavy atom. The van der Waals surface area contributed by atoms with E-state index in [1.807, 2.05) is 23.1 Å². The smallest absolute Gasteiger partial charge is 0.207 e. The van der Waals surface area contributed by atoms with Gasteiger partial charge in [0.2, 0.25) is 0 Å². The van der Waals surface area contributed by atoms with Crippen LogP contribution in [0.5, 0.6) is 0 Å². The first-order valence-corrected chi connectivity index (χ1v) is 3.40. The average Bonchev–Trinajstić information content (AvgIpc) is 2.69. The Balaban J connectivity index is 2.28. The number of nitrogens with zero attached hydrogens (tertiary/aromatic N) is 2. The van der Waals surface area contributed by atoms with E-state index in [1.54, 1.807) is 12.1 Å². The van der Waals surface area contributed by atoms with Crippen molar-refractivity contribution in [1.29, 1.82) is 0 Å². The lowest BCUT2D eigenvalue weighted by Crippen LogP contribution is -1.96. The third kappa shape index (κ3) is 1.09. The number of benzene rings is 1. The van der Waals surface area contributed by atoms with Crippen molar-refractivity contribution in [3.63, 3.8) is 0 Å². The zero-order valence-corrected chi connectivity index (χ0v) is 6.16. The van der Waals surface area contributed by atoms with Crippen molar-refractivity contribution in [2.75, 3.05) is 7.05 Å². The first-order valence-electron chi connectivity index (χ1n) is 3.40. The quantitative estimate of drug-likeness (QED) is 0.549. The summed E-state index contributed by atoms with van der Waals surface area (Å²) in [6.07, 6.45) is 1.92. The largest absolute Gasteiger partial charge is 0.321 e. The molecule has 3 heteroatoms. The number of halogens is 1. The molecule has 0 bridgehead atoms. The molecule has 0 aliphatic carbocycles. The van der Waals surface area contributed by atoms with Crippen molar-refractivity contribution < 1.29 is 9.07 Å². The third-order valence-corrected chi connectivity index (χ3v) is 1.65. The van der Waals surface area contributed by atoms with E-state index < -0.39 is 0 Å². The second kappa shape index (κ2) is 2.05. The van der Waals surface area contributed by atoms with Gasteiger partial charge in [-0.25, -0.2) is 4.39 Å². The van der Waals surface area contributed by atoms with Crippen LogP contribution in [-0.4, -0.2) is 23.1 Å². The molecule has 0 N–H and O–H groups in total. The van der Waals surface area contributed by atoms with Crippen molar-refractivity contribution in [2.45, 2.75) is 0 Å². The van der Waals surface area contributed by atoms with E-state index in [-0.39, 0.29) is 5.82 Å². The summed E-state index contributed by atoms with van der Waals surface area (Å²) in [6, 6.07) is 6.40. The number of hydrazone groups is 1. The predicted octanol–water partition coefficient (Wildman–Crippen LogP) is 1.36. The summed E-state index contributed by atoms with van der Waals surface area (Å²) in [4.78, 5) is 0. The highest BCUT2D eigenvalue weighted by Gasteiger charge is 2.28. The maximum Gasteiger partial charge on any atom is 0.321 e. The van der Waals surface area contributed by atoms with Crippen LogP contribution in [-0.2, 0) is 0 Å². The molecule has 1 aliphatic rings. The molecule has 0 saturated carbocycles. The molecule has 2 rings (SSSR count). The SMILES string of the molecule is CN1C=[N+]1c1ccc(F)cc1.